The fourth-order valence-corrected chi connectivity index (χ4v) is 1.51. The Hall–Kier alpha value is -1.06. The molecule has 0 unspecified atom stereocenters. The van der Waals surface area contributed by atoms with Crippen LogP contribution in [0.15, 0.2) is 0 Å². The number of primary amides is 1. The molecule has 2 N–H and O–H groups in total. The van der Waals surface area contributed by atoms with E-state index in [4.69, 9.17) is 5.73 Å². The van der Waals surface area contributed by atoms with E-state index in [0.29, 0.717) is 13.1 Å². The molecule has 1 saturated heterocycles. The van der Waals surface area contributed by atoms with Crippen LogP contribution >= 0.6 is 0 Å². The van der Waals surface area contributed by atoms with Crippen molar-refractivity contribution < 1.29 is 9.59 Å². The van der Waals surface area contributed by atoms with Crippen LogP contribution in [0.4, 0.5) is 4.79 Å². The van der Waals surface area contributed by atoms with Gasteiger partial charge in [0, 0.05) is 19.0 Å². The molecule has 0 aromatic carbocycles. The normalized spacial score (nSPS) is 16.9. The molecule has 1 rings (SSSR count). The third-order valence-corrected chi connectivity index (χ3v) is 2.38. The molecule has 14 heavy (non-hydrogen) atoms. The van der Waals surface area contributed by atoms with E-state index in [2.05, 4.69) is 0 Å². The Bertz CT molecular complexity index is 174. The van der Waals surface area contributed by atoms with Gasteiger partial charge in [-0.3, -0.25) is 4.79 Å². The third-order valence-electron chi connectivity index (χ3n) is 2.38. The molecule has 0 radical (unpaired) electrons. The lowest BCUT2D eigenvalue weighted by atomic mass is 9.94. The van der Waals surface area contributed by atoms with Crippen molar-refractivity contribution >= 4 is 11.8 Å². The average Bonchev–Trinajstić information content (AvgIpc) is 2.21. The molecule has 0 spiro atoms. The summed E-state index contributed by atoms with van der Waals surface area (Å²) in [6.07, 6.45) is 1.52. The van der Waals surface area contributed by atoms with Crippen molar-refractivity contribution in [3.63, 3.8) is 0 Å². The van der Waals surface area contributed by atoms with Gasteiger partial charge in [0.1, 0.15) is 5.78 Å². The summed E-state index contributed by atoms with van der Waals surface area (Å²) in [5.74, 6) is 0.361. The number of likely N-dealkylation sites (tertiary alicyclic amines) is 1. The van der Waals surface area contributed by atoms with Crippen molar-refractivity contribution in [2.45, 2.75) is 33.6 Å². The molecule has 0 saturated carbocycles. The van der Waals surface area contributed by atoms with E-state index in [9.17, 15) is 9.59 Å². The van der Waals surface area contributed by atoms with Crippen LogP contribution in [0.2, 0.25) is 0 Å². The molecular weight excluding hydrogens is 180 g/mol. The molecule has 1 aliphatic rings. The highest BCUT2D eigenvalue weighted by Gasteiger charge is 2.23. The fourth-order valence-electron chi connectivity index (χ4n) is 1.51. The Morgan fingerprint density at radius 1 is 1.21 bits per heavy atom. The van der Waals surface area contributed by atoms with Gasteiger partial charge in [0.25, 0.3) is 0 Å². The van der Waals surface area contributed by atoms with Crippen LogP contribution in [-0.4, -0.2) is 29.8 Å². The standard InChI is InChI=1S/C8H14N2O2.C2H6/c1-6(11)7-2-4-10(5-3-7)8(9)12;1-2/h7H,2-5H2,1H3,(H2,9,12);1-2H3. The average molecular weight is 200 g/mol. The van der Waals surface area contributed by atoms with Crippen LogP contribution in [0.5, 0.6) is 0 Å². The van der Waals surface area contributed by atoms with Crippen LogP contribution in [0.1, 0.15) is 33.6 Å². The molecule has 0 aromatic rings. The minimum absolute atomic E-state index is 0.139. The minimum atomic E-state index is -0.378. The molecule has 1 aliphatic heterocycles. The molecule has 0 atom stereocenters. The lowest BCUT2D eigenvalue weighted by Gasteiger charge is -2.29. The van der Waals surface area contributed by atoms with Crippen molar-refractivity contribution in [1.29, 1.82) is 0 Å². The van der Waals surface area contributed by atoms with Crippen LogP contribution in [-0.2, 0) is 4.79 Å². The van der Waals surface area contributed by atoms with E-state index in [0.717, 1.165) is 12.8 Å². The van der Waals surface area contributed by atoms with Gasteiger partial charge in [-0.25, -0.2) is 4.79 Å². The van der Waals surface area contributed by atoms with Gasteiger partial charge in [-0.1, -0.05) is 13.8 Å². The highest BCUT2D eigenvalue weighted by atomic mass is 16.2. The van der Waals surface area contributed by atoms with E-state index < -0.39 is 0 Å². The Kier molecular flexibility index (Phi) is 5.92. The summed E-state index contributed by atoms with van der Waals surface area (Å²) in [4.78, 5) is 23.2. The number of piperidine rings is 1. The molecule has 82 valence electrons. The lowest BCUT2D eigenvalue weighted by molar-refractivity contribution is -0.121. The van der Waals surface area contributed by atoms with Gasteiger partial charge in [0.15, 0.2) is 0 Å². The number of Topliss-reactive ketones (excluding diaryl/α,β-unsaturated/α-hetero) is 1. The predicted molar refractivity (Wildman–Crippen MR) is 55.9 cm³/mol. The highest BCUT2D eigenvalue weighted by molar-refractivity contribution is 5.79. The van der Waals surface area contributed by atoms with Crippen molar-refractivity contribution in [3.05, 3.63) is 0 Å². The van der Waals surface area contributed by atoms with E-state index in [-0.39, 0.29) is 17.7 Å². The van der Waals surface area contributed by atoms with Crippen molar-refractivity contribution in [2.75, 3.05) is 13.1 Å². The fraction of sp³-hybridized carbons (Fsp3) is 0.800. The molecule has 1 heterocycles. The Balaban J connectivity index is 0.000000791. The first-order chi connectivity index (χ1) is 6.61. The zero-order valence-corrected chi connectivity index (χ0v) is 9.25. The summed E-state index contributed by atoms with van der Waals surface area (Å²) in [6.45, 7) is 6.85. The number of nitrogens with two attached hydrogens (primary N) is 1. The Morgan fingerprint density at radius 2 is 1.64 bits per heavy atom. The van der Waals surface area contributed by atoms with E-state index >= 15 is 0 Å². The van der Waals surface area contributed by atoms with Gasteiger partial charge >= 0.3 is 6.03 Å². The molecule has 1 fully saturated rings. The summed E-state index contributed by atoms with van der Waals surface area (Å²) in [6, 6.07) is -0.378. The van der Waals surface area contributed by atoms with Crippen molar-refractivity contribution in [2.24, 2.45) is 11.7 Å². The number of hydrogen-bond donors (Lipinski definition) is 1. The lowest BCUT2D eigenvalue weighted by Crippen LogP contribution is -2.42. The second kappa shape index (κ2) is 6.40. The summed E-state index contributed by atoms with van der Waals surface area (Å²) in [5, 5.41) is 0. The van der Waals surface area contributed by atoms with Gasteiger partial charge in [-0.05, 0) is 19.8 Å². The predicted octanol–water partition coefficient (Wildman–Crippen LogP) is 1.39. The van der Waals surface area contributed by atoms with E-state index in [1.165, 1.54) is 0 Å². The monoisotopic (exact) mass is 200 g/mol. The quantitative estimate of drug-likeness (QED) is 0.695. The van der Waals surface area contributed by atoms with E-state index in [1.54, 1.807) is 11.8 Å². The first-order valence-corrected chi connectivity index (χ1v) is 5.16. The molecule has 4 heteroatoms. The highest BCUT2D eigenvalue weighted by Crippen LogP contribution is 2.17. The molecule has 0 bridgehead atoms. The summed E-state index contributed by atoms with van der Waals surface area (Å²) < 4.78 is 0. The number of nitrogens with zero attached hydrogens (tertiary/aromatic N) is 1. The number of carbonyl (C=O) groups excluding carboxylic acids is 2. The van der Waals surface area contributed by atoms with Gasteiger partial charge in [0.05, 0.1) is 0 Å². The van der Waals surface area contributed by atoms with Gasteiger partial charge in [-0.15, -0.1) is 0 Å². The number of amides is 2. The topological polar surface area (TPSA) is 63.4 Å². The maximum absolute atomic E-state index is 10.9. The maximum Gasteiger partial charge on any atom is 0.314 e. The smallest absolute Gasteiger partial charge is 0.314 e. The number of urea groups is 1. The van der Waals surface area contributed by atoms with Gasteiger partial charge in [0.2, 0.25) is 0 Å². The van der Waals surface area contributed by atoms with Crippen LogP contribution in [0.25, 0.3) is 0 Å². The first kappa shape index (κ1) is 12.9. The largest absolute Gasteiger partial charge is 0.351 e. The third kappa shape index (κ3) is 3.77. The van der Waals surface area contributed by atoms with Gasteiger partial charge in [-0.2, -0.15) is 0 Å². The maximum atomic E-state index is 10.9. The van der Waals surface area contributed by atoms with Crippen LogP contribution < -0.4 is 5.73 Å². The summed E-state index contributed by atoms with van der Waals surface area (Å²) in [7, 11) is 0. The summed E-state index contributed by atoms with van der Waals surface area (Å²) >= 11 is 0. The molecular formula is C10H20N2O2. The molecule has 4 nitrogen and oxygen atoms in total. The molecule has 0 aliphatic carbocycles. The van der Waals surface area contributed by atoms with Crippen LogP contribution in [0.3, 0.4) is 0 Å². The van der Waals surface area contributed by atoms with E-state index in [1.807, 2.05) is 13.8 Å². The second-order valence-corrected chi connectivity index (χ2v) is 3.21. The molecule has 2 amide bonds. The first-order valence-electron chi connectivity index (χ1n) is 5.16. The number of carbonyl (C=O) groups is 2. The summed E-state index contributed by atoms with van der Waals surface area (Å²) in [5.41, 5.74) is 5.09. The van der Waals surface area contributed by atoms with Gasteiger partial charge < -0.3 is 10.6 Å². The number of rotatable bonds is 1. The minimum Gasteiger partial charge on any atom is -0.351 e. The molecule has 0 aromatic heterocycles. The zero-order chi connectivity index (χ0) is 11.1. The van der Waals surface area contributed by atoms with Crippen LogP contribution in [0, 0.1) is 5.92 Å². The zero-order valence-electron chi connectivity index (χ0n) is 9.25. The van der Waals surface area contributed by atoms with Crippen molar-refractivity contribution in [3.8, 4) is 0 Å². The van der Waals surface area contributed by atoms with Crippen molar-refractivity contribution in [1.82, 2.24) is 4.90 Å². The Morgan fingerprint density at radius 3 is 1.93 bits per heavy atom. The SMILES string of the molecule is CC.CC(=O)C1CCN(C(N)=O)CC1. The number of hydrogen-bond acceptors (Lipinski definition) is 2. The Labute approximate surface area is 85.4 Å². The second-order valence-electron chi connectivity index (χ2n) is 3.21. The number of ketones is 1.